The number of carbonyl (C=O) groups excluding carboxylic acids is 1. The molecule has 0 radical (unpaired) electrons. The maximum atomic E-state index is 13.2. The standard InChI is InChI=1S/C63H117NO10/c1-3-5-7-9-11-13-15-17-19-21-23-24-25-26-27-28-29-30-31-32-33-35-37-39-41-43-45-47-49-51-56(67)62(72)64-54(53-73-63-61(71)60(70)59(69)57(52-65)74-63)58(68)55(66)50-48-46-44-42-40-38-36-34-22-20-18-16-14-12-10-8-6-4-2/h16,18,26-27,34,36,42,44,54-61,63,65-71H,3-15,17,19-25,28-33,35,37-41,43,45-53H2,1-2H3,(H,64,72)/b18-16+,27-26-,36-34+,44-42+. The van der Waals surface area contributed by atoms with E-state index in [0.717, 1.165) is 44.9 Å². The van der Waals surface area contributed by atoms with Gasteiger partial charge in [0.2, 0.25) is 5.91 Å². The molecule has 11 heteroatoms. The number of hydrogen-bond donors (Lipinski definition) is 8. The van der Waals surface area contributed by atoms with Crippen molar-refractivity contribution in [2.45, 2.75) is 332 Å². The van der Waals surface area contributed by atoms with Crippen molar-refractivity contribution in [2.24, 2.45) is 0 Å². The van der Waals surface area contributed by atoms with Gasteiger partial charge in [0.1, 0.15) is 36.6 Å². The van der Waals surface area contributed by atoms with Crippen molar-refractivity contribution in [2.75, 3.05) is 13.2 Å². The molecule has 1 amide bonds. The van der Waals surface area contributed by atoms with Gasteiger partial charge < -0.3 is 50.5 Å². The van der Waals surface area contributed by atoms with Crippen LogP contribution in [-0.4, -0.2) is 110 Å². The van der Waals surface area contributed by atoms with E-state index in [1.54, 1.807) is 0 Å². The second kappa shape index (κ2) is 51.8. The van der Waals surface area contributed by atoms with Crippen LogP contribution in [0.25, 0.3) is 0 Å². The molecule has 1 aliphatic rings. The predicted molar refractivity (Wildman–Crippen MR) is 307 cm³/mol. The first-order valence-corrected chi connectivity index (χ1v) is 31.0. The van der Waals surface area contributed by atoms with Crippen LogP contribution in [0, 0.1) is 0 Å². The third kappa shape index (κ3) is 39.4. The van der Waals surface area contributed by atoms with Crippen molar-refractivity contribution in [3.8, 4) is 0 Å². The van der Waals surface area contributed by atoms with Gasteiger partial charge in [0, 0.05) is 0 Å². The summed E-state index contributed by atoms with van der Waals surface area (Å²) in [6.07, 6.45) is 54.6. The van der Waals surface area contributed by atoms with E-state index in [-0.39, 0.29) is 12.8 Å². The fraction of sp³-hybridized carbons (Fsp3) is 0.857. The first kappa shape index (κ1) is 70.1. The first-order valence-electron chi connectivity index (χ1n) is 31.0. The summed E-state index contributed by atoms with van der Waals surface area (Å²) in [5, 5.41) is 76.2. The molecule has 0 spiro atoms. The molecule has 11 nitrogen and oxygen atoms in total. The molecule has 1 aliphatic heterocycles. The Morgan fingerprint density at radius 1 is 0.459 bits per heavy atom. The minimum Gasteiger partial charge on any atom is -0.394 e. The Balaban J connectivity index is 2.27. The van der Waals surface area contributed by atoms with Gasteiger partial charge in [0.05, 0.1) is 25.4 Å². The van der Waals surface area contributed by atoms with Gasteiger partial charge in [-0.2, -0.15) is 0 Å². The van der Waals surface area contributed by atoms with Crippen LogP contribution in [0.1, 0.15) is 277 Å². The molecule has 1 rings (SSSR count). The number of aliphatic hydroxyl groups is 7. The van der Waals surface area contributed by atoms with Gasteiger partial charge in [0.25, 0.3) is 0 Å². The van der Waals surface area contributed by atoms with Gasteiger partial charge >= 0.3 is 0 Å². The summed E-state index contributed by atoms with van der Waals surface area (Å²) in [4.78, 5) is 13.2. The molecule has 0 saturated carbocycles. The third-order valence-corrected chi connectivity index (χ3v) is 14.8. The van der Waals surface area contributed by atoms with E-state index in [2.05, 4.69) is 67.8 Å². The number of unbranched alkanes of at least 4 members (excludes halogenated alkanes) is 33. The Kier molecular flexibility index (Phi) is 49.1. The third-order valence-electron chi connectivity index (χ3n) is 14.8. The van der Waals surface area contributed by atoms with Gasteiger partial charge in [0.15, 0.2) is 6.29 Å². The van der Waals surface area contributed by atoms with E-state index in [1.165, 1.54) is 186 Å². The molecule has 0 aromatic heterocycles. The fourth-order valence-corrected chi connectivity index (χ4v) is 9.76. The van der Waals surface area contributed by atoms with E-state index in [1.807, 2.05) is 0 Å². The lowest BCUT2D eigenvalue weighted by Gasteiger charge is -2.40. The number of aliphatic hydroxyl groups excluding tert-OH is 7. The Morgan fingerprint density at radius 2 is 0.811 bits per heavy atom. The summed E-state index contributed by atoms with van der Waals surface area (Å²) in [5.74, 6) is -0.711. The van der Waals surface area contributed by atoms with E-state index in [4.69, 9.17) is 9.47 Å². The highest BCUT2D eigenvalue weighted by Gasteiger charge is 2.44. The van der Waals surface area contributed by atoms with Crippen LogP contribution in [0.15, 0.2) is 48.6 Å². The average molecular weight is 1050 g/mol. The molecule has 0 bridgehead atoms. The lowest BCUT2D eigenvalue weighted by Crippen LogP contribution is -2.60. The molecule has 434 valence electrons. The summed E-state index contributed by atoms with van der Waals surface area (Å²) >= 11 is 0. The largest absolute Gasteiger partial charge is 0.394 e. The van der Waals surface area contributed by atoms with Crippen molar-refractivity contribution in [1.29, 1.82) is 0 Å². The molecule has 1 heterocycles. The molecule has 8 N–H and O–H groups in total. The highest BCUT2D eigenvalue weighted by Crippen LogP contribution is 2.23. The smallest absolute Gasteiger partial charge is 0.249 e. The fourth-order valence-electron chi connectivity index (χ4n) is 9.76. The number of amides is 1. The number of nitrogens with one attached hydrogen (secondary N) is 1. The molecule has 0 aliphatic carbocycles. The maximum absolute atomic E-state index is 13.2. The number of hydrogen-bond acceptors (Lipinski definition) is 10. The maximum Gasteiger partial charge on any atom is 0.249 e. The average Bonchev–Trinajstić information content (AvgIpc) is 3.40. The van der Waals surface area contributed by atoms with E-state index in [0.29, 0.717) is 19.3 Å². The minimum absolute atomic E-state index is 0.241. The quantitative estimate of drug-likeness (QED) is 0.0215. The Labute approximate surface area is 453 Å². The van der Waals surface area contributed by atoms with Gasteiger partial charge in [-0.25, -0.2) is 0 Å². The molecular formula is C63H117NO10. The molecule has 0 aromatic carbocycles. The lowest BCUT2D eigenvalue weighted by molar-refractivity contribution is -0.303. The summed E-state index contributed by atoms with van der Waals surface area (Å²) in [7, 11) is 0. The Morgan fingerprint density at radius 3 is 1.20 bits per heavy atom. The summed E-state index contributed by atoms with van der Waals surface area (Å²) < 4.78 is 11.1. The zero-order valence-corrected chi connectivity index (χ0v) is 47.6. The van der Waals surface area contributed by atoms with Crippen LogP contribution in [0.3, 0.4) is 0 Å². The molecule has 9 unspecified atom stereocenters. The van der Waals surface area contributed by atoms with Crippen molar-refractivity contribution in [3.63, 3.8) is 0 Å². The number of allylic oxidation sites excluding steroid dienone is 8. The van der Waals surface area contributed by atoms with Crippen LogP contribution in [-0.2, 0) is 14.3 Å². The SMILES string of the molecule is CCCCCCC/C=C/CC/C=C/CC/C=C/CCCC(O)C(O)C(COC1OC(CO)C(O)C(O)C1O)NC(=O)C(O)CCCCCCCCCCCCCCC/C=C\CCCCCCCCCCCCCC. The van der Waals surface area contributed by atoms with Crippen LogP contribution in [0.2, 0.25) is 0 Å². The zero-order chi connectivity index (χ0) is 54.0. The molecule has 0 aromatic rings. The Hall–Kier alpha value is -1.93. The number of carbonyl (C=O) groups is 1. The normalized spacial score (nSPS) is 20.1. The van der Waals surface area contributed by atoms with Crippen molar-refractivity contribution < 1.29 is 50.0 Å². The van der Waals surface area contributed by atoms with Crippen LogP contribution < -0.4 is 5.32 Å². The van der Waals surface area contributed by atoms with E-state index < -0.39 is 74.2 Å². The van der Waals surface area contributed by atoms with Crippen LogP contribution in [0.5, 0.6) is 0 Å². The van der Waals surface area contributed by atoms with Crippen LogP contribution >= 0.6 is 0 Å². The summed E-state index contributed by atoms with van der Waals surface area (Å²) in [6, 6.07) is -1.20. The second-order valence-corrected chi connectivity index (χ2v) is 21.7. The van der Waals surface area contributed by atoms with Gasteiger partial charge in [-0.3, -0.25) is 4.79 Å². The first-order chi connectivity index (χ1) is 36.2. The molecule has 9 atom stereocenters. The topological polar surface area (TPSA) is 189 Å². The van der Waals surface area contributed by atoms with E-state index >= 15 is 0 Å². The molecule has 1 fully saturated rings. The predicted octanol–water partition coefficient (Wildman–Crippen LogP) is 13.6. The van der Waals surface area contributed by atoms with E-state index in [9.17, 15) is 40.5 Å². The minimum atomic E-state index is -1.67. The highest BCUT2D eigenvalue weighted by atomic mass is 16.7. The van der Waals surface area contributed by atoms with Gasteiger partial charge in [-0.1, -0.05) is 236 Å². The van der Waals surface area contributed by atoms with Crippen molar-refractivity contribution >= 4 is 5.91 Å². The molecular weight excluding hydrogens is 931 g/mol. The highest BCUT2D eigenvalue weighted by molar-refractivity contribution is 5.80. The van der Waals surface area contributed by atoms with Gasteiger partial charge in [-0.15, -0.1) is 0 Å². The molecule has 74 heavy (non-hydrogen) atoms. The van der Waals surface area contributed by atoms with Gasteiger partial charge in [-0.05, 0) is 89.9 Å². The lowest BCUT2D eigenvalue weighted by atomic mass is 9.98. The Bertz CT molecular complexity index is 1340. The van der Waals surface area contributed by atoms with Crippen LogP contribution in [0.4, 0.5) is 0 Å². The number of rotatable bonds is 53. The monoisotopic (exact) mass is 1050 g/mol. The van der Waals surface area contributed by atoms with Crippen molar-refractivity contribution in [1.82, 2.24) is 5.32 Å². The molecule has 1 saturated heterocycles. The summed E-state index contributed by atoms with van der Waals surface area (Å²) in [6.45, 7) is 3.44. The van der Waals surface area contributed by atoms with Crippen molar-refractivity contribution in [3.05, 3.63) is 48.6 Å². The number of ether oxygens (including phenoxy) is 2. The second-order valence-electron chi connectivity index (χ2n) is 21.7. The summed E-state index contributed by atoms with van der Waals surface area (Å²) in [5.41, 5.74) is 0. The zero-order valence-electron chi connectivity index (χ0n) is 47.6.